The maximum Gasteiger partial charge on any atom is 0.337 e. The van der Waals surface area contributed by atoms with E-state index < -0.39 is 35.2 Å². The van der Waals surface area contributed by atoms with Gasteiger partial charge < -0.3 is 4.74 Å². The van der Waals surface area contributed by atoms with Gasteiger partial charge in [0.2, 0.25) is 0 Å². The van der Waals surface area contributed by atoms with Crippen molar-refractivity contribution in [2.24, 2.45) is 7.05 Å². The summed E-state index contributed by atoms with van der Waals surface area (Å²) in [4.78, 5) is 48.5. The molecule has 1 atom stereocenters. The Kier molecular flexibility index (Phi) is 5.44. The molecule has 0 N–H and O–H groups in total. The summed E-state index contributed by atoms with van der Waals surface area (Å²) < 4.78 is 7.19. The van der Waals surface area contributed by atoms with Crippen LogP contribution in [0.4, 0.5) is 0 Å². The number of carbonyl (C=O) groups excluding carboxylic acids is 1. The molecular weight excluding hydrogens is 290 g/mol. The molecule has 0 saturated carbocycles. The Balaban J connectivity index is 3.65. The first kappa shape index (κ1) is 17.4. The van der Waals surface area contributed by atoms with Crippen molar-refractivity contribution in [1.29, 1.82) is 0 Å². The van der Waals surface area contributed by atoms with Crippen LogP contribution in [0.2, 0.25) is 0 Å². The first-order valence-electron chi connectivity index (χ1n) is 6.62. The van der Waals surface area contributed by atoms with Gasteiger partial charge in [0.1, 0.15) is 0 Å². The van der Waals surface area contributed by atoms with Crippen LogP contribution < -0.4 is 17.1 Å². The topological polar surface area (TPSA) is 92.3 Å². The van der Waals surface area contributed by atoms with Gasteiger partial charge in [-0.1, -0.05) is 12.2 Å². The van der Waals surface area contributed by atoms with Crippen molar-refractivity contribution >= 4 is 5.97 Å². The predicted molar refractivity (Wildman–Crippen MR) is 80.9 cm³/mol. The summed E-state index contributed by atoms with van der Waals surface area (Å²) in [7, 11) is 1.22. The third-order valence-electron chi connectivity index (χ3n) is 2.85. The van der Waals surface area contributed by atoms with Crippen LogP contribution in [-0.4, -0.2) is 25.8 Å². The third-order valence-corrected chi connectivity index (χ3v) is 2.85. The largest absolute Gasteiger partial charge is 0.461 e. The number of carbonyl (C=O) groups is 1. The summed E-state index contributed by atoms with van der Waals surface area (Å²) in [6.07, 6.45) is 2.04. The maximum atomic E-state index is 12.4. The molecule has 120 valence electrons. The van der Waals surface area contributed by atoms with Crippen molar-refractivity contribution in [2.75, 3.05) is 0 Å². The Morgan fingerprint density at radius 2 is 1.77 bits per heavy atom. The average Bonchev–Trinajstić information content (AvgIpc) is 2.45. The van der Waals surface area contributed by atoms with Crippen LogP contribution in [-0.2, 0) is 23.1 Å². The lowest BCUT2D eigenvalue weighted by atomic mass is 10.3. The number of esters is 1. The fraction of sp³-hybridized carbons (Fsp3) is 0.429. The van der Waals surface area contributed by atoms with Crippen LogP contribution in [0, 0.1) is 0 Å². The summed E-state index contributed by atoms with van der Waals surface area (Å²) >= 11 is 0. The molecule has 0 saturated heterocycles. The summed E-state index contributed by atoms with van der Waals surface area (Å²) in [6.45, 7) is 10.1. The molecule has 0 aliphatic rings. The van der Waals surface area contributed by atoms with Gasteiger partial charge in [0.05, 0.1) is 12.6 Å². The second kappa shape index (κ2) is 6.88. The normalized spacial score (nSPS) is 12.0. The number of ether oxygens (including phenoxy) is 1. The molecule has 8 heteroatoms. The molecule has 1 unspecified atom stereocenters. The quantitative estimate of drug-likeness (QED) is 0.525. The molecule has 1 aromatic heterocycles. The van der Waals surface area contributed by atoms with E-state index in [2.05, 4.69) is 13.2 Å². The first-order chi connectivity index (χ1) is 10.3. The predicted octanol–water partition coefficient (Wildman–Crippen LogP) is -0.427. The molecule has 0 aliphatic heterocycles. The lowest BCUT2D eigenvalue weighted by molar-refractivity contribution is -0.150. The van der Waals surface area contributed by atoms with Crippen LogP contribution in [0.25, 0.3) is 0 Å². The lowest BCUT2D eigenvalue weighted by Gasteiger charge is -2.17. The summed E-state index contributed by atoms with van der Waals surface area (Å²) in [6, 6.07) is -1.31. The van der Waals surface area contributed by atoms with E-state index in [1.807, 2.05) is 0 Å². The molecular formula is C14H19N3O5. The molecule has 1 heterocycles. The molecule has 0 spiro atoms. The van der Waals surface area contributed by atoms with Gasteiger partial charge in [-0.3, -0.25) is 0 Å². The lowest BCUT2D eigenvalue weighted by Crippen LogP contribution is -2.55. The van der Waals surface area contributed by atoms with E-state index in [9.17, 15) is 19.2 Å². The monoisotopic (exact) mass is 309 g/mol. The van der Waals surface area contributed by atoms with Gasteiger partial charge >= 0.3 is 23.0 Å². The number of aromatic nitrogens is 3. The van der Waals surface area contributed by atoms with Crippen molar-refractivity contribution in [3.63, 3.8) is 0 Å². The second-order valence-corrected chi connectivity index (χ2v) is 4.84. The highest BCUT2D eigenvalue weighted by Crippen LogP contribution is 2.06. The Hall–Kier alpha value is -2.64. The summed E-state index contributed by atoms with van der Waals surface area (Å²) in [5.41, 5.74) is -2.62. The van der Waals surface area contributed by atoms with E-state index >= 15 is 0 Å². The van der Waals surface area contributed by atoms with E-state index in [1.54, 1.807) is 13.8 Å². The Morgan fingerprint density at radius 1 is 1.18 bits per heavy atom. The van der Waals surface area contributed by atoms with Gasteiger partial charge in [-0.15, -0.1) is 13.2 Å². The molecule has 22 heavy (non-hydrogen) atoms. The van der Waals surface area contributed by atoms with Gasteiger partial charge in [0.25, 0.3) is 0 Å². The van der Waals surface area contributed by atoms with E-state index in [-0.39, 0.29) is 6.54 Å². The fourth-order valence-corrected chi connectivity index (χ4v) is 1.85. The van der Waals surface area contributed by atoms with Gasteiger partial charge in [-0.2, -0.15) is 0 Å². The average molecular weight is 309 g/mol. The minimum atomic E-state index is -1.31. The van der Waals surface area contributed by atoms with Crippen molar-refractivity contribution in [3.8, 4) is 0 Å². The highest BCUT2D eigenvalue weighted by atomic mass is 16.5. The van der Waals surface area contributed by atoms with Crippen LogP contribution in [0.5, 0.6) is 0 Å². The van der Waals surface area contributed by atoms with Crippen molar-refractivity contribution in [3.05, 3.63) is 56.8 Å². The first-order valence-corrected chi connectivity index (χ1v) is 6.62. The van der Waals surface area contributed by atoms with E-state index in [1.165, 1.54) is 13.1 Å². The van der Waals surface area contributed by atoms with Crippen LogP contribution in [0.3, 0.4) is 0 Å². The van der Waals surface area contributed by atoms with E-state index in [0.717, 1.165) is 15.2 Å². The molecule has 8 nitrogen and oxygen atoms in total. The van der Waals surface area contributed by atoms with Crippen molar-refractivity contribution < 1.29 is 9.53 Å². The molecule has 0 amide bonds. The second-order valence-electron chi connectivity index (χ2n) is 4.84. The van der Waals surface area contributed by atoms with Gasteiger partial charge in [-0.05, 0) is 13.8 Å². The number of hydrogen-bond donors (Lipinski definition) is 0. The summed E-state index contributed by atoms with van der Waals surface area (Å²) in [5.74, 6) is -0.798. The zero-order chi connectivity index (χ0) is 17.0. The number of allylic oxidation sites excluding steroid dienone is 1. The molecule has 0 radical (unpaired) electrons. The molecule has 0 fully saturated rings. The maximum absolute atomic E-state index is 12.4. The van der Waals surface area contributed by atoms with Gasteiger partial charge in [-0.25, -0.2) is 32.9 Å². The highest BCUT2D eigenvalue weighted by molar-refractivity contribution is 5.76. The third kappa shape index (κ3) is 3.16. The molecule has 1 rings (SSSR count). The van der Waals surface area contributed by atoms with Crippen LogP contribution in [0.1, 0.15) is 19.9 Å². The highest BCUT2D eigenvalue weighted by Gasteiger charge is 2.26. The standard InChI is InChI=1S/C14H19N3O5/c1-6-8-16-12(19)15(5)13(20)17(14(16)21)10(7-2)11(18)22-9(3)4/h6-7,9-10H,1-2,8H2,3-5H3. The zero-order valence-corrected chi connectivity index (χ0v) is 12.8. The SMILES string of the molecule is C=CCn1c(=O)n(C)c(=O)n(C(C=C)C(=O)OC(C)C)c1=O. The smallest absolute Gasteiger partial charge is 0.337 e. The van der Waals surface area contributed by atoms with Crippen LogP contribution in [0.15, 0.2) is 39.7 Å². The Bertz CT molecular complexity index is 766. The fourth-order valence-electron chi connectivity index (χ4n) is 1.85. The number of nitrogens with zero attached hydrogens (tertiary/aromatic N) is 3. The Morgan fingerprint density at radius 3 is 2.23 bits per heavy atom. The summed E-state index contributed by atoms with van der Waals surface area (Å²) in [5, 5.41) is 0. The van der Waals surface area contributed by atoms with E-state index in [0.29, 0.717) is 4.57 Å². The molecule has 0 aliphatic carbocycles. The minimum absolute atomic E-state index is 0.0884. The van der Waals surface area contributed by atoms with Crippen molar-refractivity contribution in [1.82, 2.24) is 13.7 Å². The van der Waals surface area contributed by atoms with Crippen LogP contribution >= 0.6 is 0 Å². The van der Waals surface area contributed by atoms with Crippen molar-refractivity contribution in [2.45, 2.75) is 32.5 Å². The van der Waals surface area contributed by atoms with E-state index in [4.69, 9.17) is 4.74 Å². The number of hydrogen-bond acceptors (Lipinski definition) is 5. The Labute approximate surface area is 126 Å². The minimum Gasteiger partial charge on any atom is -0.461 e. The molecule has 1 aromatic rings. The molecule has 0 aromatic carbocycles. The zero-order valence-electron chi connectivity index (χ0n) is 12.8. The van der Waals surface area contributed by atoms with Gasteiger partial charge in [0, 0.05) is 7.05 Å². The number of rotatable bonds is 6. The van der Waals surface area contributed by atoms with Gasteiger partial charge in [0.15, 0.2) is 6.04 Å². The molecule has 0 bridgehead atoms.